The number of carbonyl (C=O) groups is 1. The molecule has 1 aliphatic heterocycles. The smallest absolute Gasteiger partial charge is 0.416 e. The lowest BCUT2D eigenvalue weighted by molar-refractivity contribution is -0.137. The number of benzene rings is 2. The van der Waals surface area contributed by atoms with Crippen molar-refractivity contribution >= 4 is 6.09 Å². The molecule has 2 aromatic rings. The van der Waals surface area contributed by atoms with Gasteiger partial charge in [-0.3, -0.25) is 0 Å². The van der Waals surface area contributed by atoms with E-state index in [1.54, 1.807) is 4.90 Å². The highest BCUT2D eigenvalue weighted by atomic mass is 19.4. The molecule has 1 heterocycles. The third kappa shape index (κ3) is 3.17. The van der Waals surface area contributed by atoms with Crippen molar-refractivity contribution in [3.8, 4) is 11.1 Å². The Labute approximate surface area is 161 Å². The number of amides is 1. The highest BCUT2D eigenvalue weighted by Crippen LogP contribution is 2.52. The Morgan fingerprint density at radius 3 is 2.64 bits per heavy atom. The normalized spacial score (nSPS) is 20.6. The molecule has 1 fully saturated rings. The van der Waals surface area contributed by atoms with Crippen LogP contribution in [-0.2, 0) is 10.9 Å². The summed E-state index contributed by atoms with van der Waals surface area (Å²) in [4.78, 5) is 14.2. The molecule has 6 heteroatoms. The lowest BCUT2D eigenvalue weighted by atomic mass is 9.93. The van der Waals surface area contributed by atoms with Gasteiger partial charge in [-0.2, -0.15) is 13.2 Å². The van der Waals surface area contributed by atoms with Gasteiger partial charge in [0.15, 0.2) is 0 Å². The molecule has 0 aromatic heterocycles. The summed E-state index contributed by atoms with van der Waals surface area (Å²) in [7, 11) is 0. The predicted octanol–water partition coefficient (Wildman–Crippen LogP) is 5.93. The first kappa shape index (κ1) is 18.6. The lowest BCUT2D eigenvalue weighted by Gasteiger charge is -2.33. The van der Waals surface area contributed by atoms with E-state index >= 15 is 0 Å². The van der Waals surface area contributed by atoms with Crippen LogP contribution < -0.4 is 0 Å². The fraction of sp³-hybridized carbons (Fsp3) is 0.318. The Hall–Kier alpha value is -2.76. The third-order valence-electron chi connectivity index (χ3n) is 5.60. The molecular formula is C22H20F3NO2. The number of halogens is 3. The Morgan fingerprint density at radius 2 is 1.96 bits per heavy atom. The average molecular weight is 387 g/mol. The van der Waals surface area contributed by atoms with E-state index in [4.69, 9.17) is 4.74 Å². The zero-order chi connectivity index (χ0) is 19.9. The highest BCUT2D eigenvalue weighted by Gasteiger charge is 2.42. The number of likely N-dealkylation sites (tertiary alicyclic amines) is 1. The molecule has 4 rings (SSSR count). The largest absolute Gasteiger partial charge is 0.445 e. The minimum atomic E-state index is -4.36. The maximum Gasteiger partial charge on any atom is 0.416 e. The minimum absolute atomic E-state index is 0.121. The Kier molecular flexibility index (Phi) is 4.65. The van der Waals surface area contributed by atoms with Crippen LogP contribution in [0, 0.1) is 0 Å². The van der Waals surface area contributed by atoms with Crippen LogP contribution in [0.3, 0.4) is 0 Å². The SMILES string of the molecule is C=CCOC(=O)N1CC[C@@H]2C[C@H]1c1c(-c3ccc(C(F)(F)F)cc3)cccc12. The molecule has 146 valence electrons. The quantitative estimate of drug-likeness (QED) is 0.611. The van der Waals surface area contributed by atoms with Gasteiger partial charge in [-0.25, -0.2) is 4.79 Å². The van der Waals surface area contributed by atoms with Gasteiger partial charge in [0.05, 0.1) is 11.6 Å². The van der Waals surface area contributed by atoms with Crippen LogP contribution >= 0.6 is 0 Å². The van der Waals surface area contributed by atoms with E-state index in [1.807, 2.05) is 12.1 Å². The summed E-state index contributed by atoms with van der Waals surface area (Å²) in [6, 6.07) is 11.0. The van der Waals surface area contributed by atoms with Crippen molar-refractivity contribution in [1.29, 1.82) is 0 Å². The summed E-state index contributed by atoms with van der Waals surface area (Å²) in [5.74, 6) is 0.359. The number of nitrogens with zero attached hydrogens (tertiary/aromatic N) is 1. The lowest BCUT2D eigenvalue weighted by Crippen LogP contribution is -2.38. The molecular weight excluding hydrogens is 367 g/mol. The first-order chi connectivity index (χ1) is 13.4. The van der Waals surface area contributed by atoms with Crippen LogP contribution in [0.15, 0.2) is 55.1 Å². The van der Waals surface area contributed by atoms with Gasteiger partial charge in [0.2, 0.25) is 0 Å². The van der Waals surface area contributed by atoms with Crippen LogP contribution in [0.25, 0.3) is 11.1 Å². The average Bonchev–Trinajstić information content (AvgIpc) is 2.98. The predicted molar refractivity (Wildman–Crippen MR) is 99.8 cm³/mol. The van der Waals surface area contributed by atoms with Gasteiger partial charge in [-0.05, 0) is 53.1 Å². The maximum atomic E-state index is 12.9. The number of alkyl halides is 3. The second-order valence-corrected chi connectivity index (χ2v) is 7.18. The minimum Gasteiger partial charge on any atom is -0.445 e. The van der Waals surface area contributed by atoms with Crippen molar-refractivity contribution in [1.82, 2.24) is 4.90 Å². The van der Waals surface area contributed by atoms with Crippen molar-refractivity contribution < 1.29 is 22.7 Å². The molecule has 1 saturated heterocycles. The monoisotopic (exact) mass is 387 g/mol. The second kappa shape index (κ2) is 7.00. The number of fused-ring (bicyclic) bond motifs is 5. The van der Waals surface area contributed by atoms with Crippen LogP contribution in [0.1, 0.15) is 41.5 Å². The summed E-state index contributed by atoms with van der Waals surface area (Å²) in [5, 5.41) is 0. The summed E-state index contributed by atoms with van der Waals surface area (Å²) < 4.78 is 43.9. The Bertz CT molecular complexity index is 905. The van der Waals surface area contributed by atoms with Gasteiger partial charge >= 0.3 is 12.3 Å². The van der Waals surface area contributed by atoms with Gasteiger partial charge in [0.1, 0.15) is 6.61 Å². The van der Waals surface area contributed by atoms with E-state index in [2.05, 4.69) is 12.6 Å². The standard InChI is InChI=1S/C22H20F3NO2/c1-2-12-28-21(27)26-11-10-15-13-19(26)20-17(4-3-5-18(15)20)14-6-8-16(9-7-14)22(23,24)25/h2-9,15,19H,1,10-13H2/t15-,19+/m1/s1. The third-order valence-corrected chi connectivity index (χ3v) is 5.60. The highest BCUT2D eigenvalue weighted by molar-refractivity contribution is 5.75. The first-order valence-electron chi connectivity index (χ1n) is 9.25. The van der Waals surface area contributed by atoms with Crippen molar-refractivity contribution in [2.75, 3.05) is 13.2 Å². The van der Waals surface area contributed by atoms with Crippen molar-refractivity contribution in [3.63, 3.8) is 0 Å². The first-order valence-corrected chi connectivity index (χ1v) is 9.25. The van der Waals surface area contributed by atoms with Crippen LogP contribution in [-0.4, -0.2) is 24.1 Å². The maximum absolute atomic E-state index is 12.9. The molecule has 2 aliphatic rings. The summed E-state index contributed by atoms with van der Waals surface area (Å²) in [6.07, 6.45) is -1.54. The van der Waals surface area contributed by atoms with Crippen LogP contribution in [0.5, 0.6) is 0 Å². The van der Waals surface area contributed by atoms with E-state index in [0.29, 0.717) is 12.5 Å². The van der Waals surface area contributed by atoms with E-state index in [-0.39, 0.29) is 18.7 Å². The zero-order valence-electron chi connectivity index (χ0n) is 15.2. The fourth-order valence-corrected chi connectivity index (χ4v) is 4.35. The Morgan fingerprint density at radius 1 is 1.21 bits per heavy atom. The molecule has 0 spiro atoms. The van der Waals surface area contributed by atoms with E-state index < -0.39 is 11.7 Å². The van der Waals surface area contributed by atoms with Crippen molar-refractivity contribution in [2.45, 2.75) is 31.0 Å². The molecule has 1 amide bonds. The van der Waals surface area contributed by atoms with Gasteiger partial charge in [-0.15, -0.1) is 0 Å². The molecule has 3 nitrogen and oxygen atoms in total. The molecule has 2 atom stereocenters. The number of carbonyl (C=O) groups excluding carboxylic acids is 1. The number of piperidine rings is 1. The molecule has 2 aromatic carbocycles. The van der Waals surface area contributed by atoms with Gasteiger partial charge in [0.25, 0.3) is 0 Å². The number of rotatable bonds is 3. The van der Waals surface area contributed by atoms with E-state index in [9.17, 15) is 18.0 Å². The van der Waals surface area contributed by atoms with Crippen LogP contribution in [0.4, 0.5) is 18.0 Å². The van der Waals surface area contributed by atoms with E-state index in [1.165, 1.54) is 23.8 Å². The fourth-order valence-electron chi connectivity index (χ4n) is 4.35. The summed E-state index contributed by atoms with van der Waals surface area (Å²) >= 11 is 0. The molecule has 0 unspecified atom stereocenters. The van der Waals surface area contributed by atoms with Crippen LogP contribution in [0.2, 0.25) is 0 Å². The molecule has 28 heavy (non-hydrogen) atoms. The summed E-state index contributed by atoms with van der Waals surface area (Å²) in [5.41, 5.74) is 3.14. The molecule has 0 radical (unpaired) electrons. The molecule has 2 bridgehead atoms. The second-order valence-electron chi connectivity index (χ2n) is 7.18. The van der Waals surface area contributed by atoms with E-state index in [0.717, 1.165) is 41.7 Å². The molecule has 0 N–H and O–H groups in total. The summed E-state index contributed by atoms with van der Waals surface area (Å²) in [6.45, 7) is 4.32. The Balaban J connectivity index is 1.72. The number of hydrogen-bond acceptors (Lipinski definition) is 2. The zero-order valence-corrected chi connectivity index (χ0v) is 15.2. The molecule has 1 aliphatic carbocycles. The molecule has 0 saturated carbocycles. The van der Waals surface area contributed by atoms with Crippen molar-refractivity contribution in [2.24, 2.45) is 0 Å². The van der Waals surface area contributed by atoms with Crippen molar-refractivity contribution in [3.05, 3.63) is 71.8 Å². The van der Waals surface area contributed by atoms with Gasteiger partial charge in [-0.1, -0.05) is 43.0 Å². The van der Waals surface area contributed by atoms with Gasteiger partial charge < -0.3 is 9.64 Å². The van der Waals surface area contributed by atoms with Gasteiger partial charge in [0, 0.05) is 6.54 Å². The number of ether oxygens (including phenoxy) is 1. The number of hydrogen-bond donors (Lipinski definition) is 0. The topological polar surface area (TPSA) is 29.5 Å².